The zero-order valence-electron chi connectivity index (χ0n) is 13.9. The molecule has 0 aliphatic heterocycles. The molecule has 1 fully saturated rings. The molecule has 0 amide bonds. The van der Waals surface area contributed by atoms with Gasteiger partial charge in [-0.15, -0.1) is 0 Å². The number of para-hydroxylation sites is 1. The number of hydrogen-bond donors (Lipinski definition) is 1. The second-order valence-corrected chi connectivity index (χ2v) is 6.11. The van der Waals surface area contributed by atoms with E-state index in [-0.39, 0.29) is 22.5 Å². The van der Waals surface area contributed by atoms with Gasteiger partial charge in [0.1, 0.15) is 17.4 Å². The highest BCUT2D eigenvalue weighted by Gasteiger charge is 2.41. The first-order valence-electron chi connectivity index (χ1n) is 8.02. The molecule has 25 heavy (non-hydrogen) atoms. The standard InChI is InChI=1S/C18H18N4O3/c1-25-15-6-3-2-5-14(15)18(8-4-9-18)12-21-17-16(22(23)24)13(11-19)7-10-20-17/h2-3,5-7,10H,4,8-9,12H2,1H3,(H,20,21). The Labute approximate surface area is 145 Å². The molecule has 1 aromatic carbocycles. The van der Waals surface area contributed by atoms with Gasteiger partial charge in [0.25, 0.3) is 0 Å². The van der Waals surface area contributed by atoms with Gasteiger partial charge in [-0.05, 0) is 25.0 Å². The largest absolute Gasteiger partial charge is 0.496 e. The fourth-order valence-corrected chi connectivity index (χ4v) is 3.34. The number of nitrogens with one attached hydrogen (secondary N) is 1. The second kappa shape index (κ2) is 6.77. The minimum Gasteiger partial charge on any atom is -0.496 e. The summed E-state index contributed by atoms with van der Waals surface area (Å²) in [5.41, 5.74) is 0.669. The molecular weight excluding hydrogens is 320 g/mol. The lowest BCUT2D eigenvalue weighted by molar-refractivity contribution is -0.384. The van der Waals surface area contributed by atoms with E-state index >= 15 is 0 Å². The number of methoxy groups -OCH3 is 1. The van der Waals surface area contributed by atoms with Crippen LogP contribution in [0, 0.1) is 21.4 Å². The second-order valence-electron chi connectivity index (χ2n) is 6.11. The van der Waals surface area contributed by atoms with Crippen molar-refractivity contribution in [2.45, 2.75) is 24.7 Å². The normalized spacial score (nSPS) is 14.9. The number of pyridine rings is 1. The minimum absolute atomic E-state index is 0.00227. The van der Waals surface area contributed by atoms with Gasteiger partial charge in [0.05, 0.1) is 12.0 Å². The average molecular weight is 338 g/mol. The highest BCUT2D eigenvalue weighted by atomic mass is 16.6. The van der Waals surface area contributed by atoms with E-state index in [0.717, 1.165) is 30.6 Å². The van der Waals surface area contributed by atoms with E-state index in [1.54, 1.807) is 7.11 Å². The number of nitro groups is 1. The molecule has 128 valence electrons. The summed E-state index contributed by atoms with van der Waals surface area (Å²) in [6.07, 6.45) is 4.43. The lowest BCUT2D eigenvalue weighted by Crippen LogP contribution is -2.41. The summed E-state index contributed by atoms with van der Waals surface area (Å²) < 4.78 is 5.48. The average Bonchev–Trinajstić information content (AvgIpc) is 2.60. The zero-order valence-corrected chi connectivity index (χ0v) is 13.9. The first-order chi connectivity index (χ1) is 12.1. The Bertz CT molecular complexity index is 840. The predicted octanol–water partition coefficient (Wildman–Crippen LogP) is 3.40. The maximum atomic E-state index is 11.3. The van der Waals surface area contributed by atoms with Crippen molar-refractivity contribution in [2.24, 2.45) is 0 Å². The number of nitriles is 1. The van der Waals surface area contributed by atoms with Crippen LogP contribution in [0.2, 0.25) is 0 Å². The molecule has 1 N–H and O–H groups in total. The van der Waals surface area contributed by atoms with Crippen molar-refractivity contribution in [1.29, 1.82) is 5.26 Å². The van der Waals surface area contributed by atoms with E-state index < -0.39 is 4.92 Å². The molecule has 1 saturated carbocycles. The molecule has 1 aliphatic carbocycles. The molecule has 1 aliphatic rings. The van der Waals surface area contributed by atoms with Crippen molar-refractivity contribution in [3.05, 3.63) is 57.8 Å². The zero-order chi connectivity index (χ0) is 17.9. The maximum absolute atomic E-state index is 11.3. The quantitative estimate of drug-likeness (QED) is 0.640. The Morgan fingerprint density at radius 1 is 1.40 bits per heavy atom. The van der Waals surface area contributed by atoms with Gasteiger partial charge in [-0.25, -0.2) is 4.98 Å². The van der Waals surface area contributed by atoms with Crippen LogP contribution in [-0.4, -0.2) is 23.6 Å². The van der Waals surface area contributed by atoms with Crippen molar-refractivity contribution < 1.29 is 9.66 Å². The van der Waals surface area contributed by atoms with E-state index in [4.69, 9.17) is 10.00 Å². The molecule has 0 saturated heterocycles. The number of anilines is 1. The summed E-state index contributed by atoms with van der Waals surface area (Å²) in [6.45, 7) is 0.496. The fourth-order valence-electron chi connectivity index (χ4n) is 3.34. The molecule has 7 nitrogen and oxygen atoms in total. The van der Waals surface area contributed by atoms with E-state index in [1.807, 2.05) is 30.3 Å². The van der Waals surface area contributed by atoms with E-state index in [1.165, 1.54) is 12.3 Å². The molecule has 0 radical (unpaired) electrons. The number of aromatic nitrogens is 1. The maximum Gasteiger partial charge on any atom is 0.328 e. The lowest BCUT2D eigenvalue weighted by Gasteiger charge is -2.43. The predicted molar refractivity (Wildman–Crippen MR) is 92.6 cm³/mol. The highest BCUT2D eigenvalue weighted by Crippen LogP contribution is 2.47. The van der Waals surface area contributed by atoms with Gasteiger partial charge >= 0.3 is 5.69 Å². The van der Waals surface area contributed by atoms with Crippen LogP contribution in [0.15, 0.2) is 36.5 Å². The van der Waals surface area contributed by atoms with Crippen molar-refractivity contribution in [2.75, 3.05) is 19.0 Å². The van der Waals surface area contributed by atoms with Crippen LogP contribution in [0.1, 0.15) is 30.4 Å². The van der Waals surface area contributed by atoms with E-state index in [0.29, 0.717) is 6.54 Å². The first kappa shape index (κ1) is 16.7. The van der Waals surface area contributed by atoms with Crippen LogP contribution in [0.4, 0.5) is 11.5 Å². The Kier molecular flexibility index (Phi) is 4.52. The Balaban J connectivity index is 1.90. The molecule has 0 bridgehead atoms. The summed E-state index contributed by atoms with van der Waals surface area (Å²) in [5, 5.41) is 23.5. The van der Waals surface area contributed by atoms with Crippen molar-refractivity contribution in [3.8, 4) is 11.8 Å². The highest BCUT2D eigenvalue weighted by molar-refractivity contribution is 5.64. The third kappa shape index (κ3) is 2.98. The van der Waals surface area contributed by atoms with Gasteiger partial charge in [0.2, 0.25) is 5.82 Å². The topological polar surface area (TPSA) is 101 Å². The van der Waals surface area contributed by atoms with Crippen LogP contribution in [0.3, 0.4) is 0 Å². The van der Waals surface area contributed by atoms with Crippen LogP contribution >= 0.6 is 0 Å². The molecule has 7 heteroatoms. The molecule has 1 aromatic heterocycles. The molecule has 1 heterocycles. The summed E-state index contributed by atoms with van der Waals surface area (Å²) in [5.74, 6) is 0.947. The van der Waals surface area contributed by atoms with Gasteiger partial charge in [0, 0.05) is 23.7 Å². The molecular formula is C18H18N4O3. The molecule has 0 unspecified atom stereocenters. The van der Waals surface area contributed by atoms with E-state index in [9.17, 15) is 10.1 Å². The van der Waals surface area contributed by atoms with Crippen LogP contribution in [0.25, 0.3) is 0 Å². The first-order valence-corrected chi connectivity index (χ1v) is 8.02. The lowest BCUT2D eigenvalue weighted by atomic mass is 9.64. The number of ether oxygens (including phenoxy) is 1. The Hall–Kier alpha value is -3.14. The third-order valence-electron chi connectivity index (χ3n) is 4.81. The fraction of sp³-hybridized carbons (Fsp3) is 0.333. The van der Waals surface area contributed by atoms with Gasteiger partial charge in [-0.3, -0.25) is 10.1 Å². The van der Waals surface area contributed by atoms with Gasteiger partial charge < -0.3 is 10.1 Å². The van der Waals surface area contributed by atoms with Crippen LogP contribution in [0.5, 0.6) is 5.75 Å². The summed E-state index contributed by atoms with van der Waals surface area (Å²) in [6, 6.07) is 11.0. The number of hydrogen-bond acceptors (Lipinski definition) is 6. The summed E-state index contributed by atoms with van der Waals surface area (Å²) in [4.78, 5) is 14.8. The summed E-state index contributed by atoms with van der Waals surface area (Å²) in [7, 11) is 1.64. The Morgan fingerprint density at radius 2 is 2.16 bits per heavy atom. The third-order valence-corrected chi connectivity index (χ3v) is 4.81. The molecule has 3 rings (SSSR count). The van der Waals surface area contributed by atoms with Crippen molar-refractivity contribution >= 4 is 11.5 Å². The van der Waals surface area contributed by atoms with Crippen LogP contribution < -0.4 is 10.1 Å². The molecule has 0 atom stereocenters. The van der Waals surface area contributed by atoms with Crippen molar-refractivity contribution in [3.63, 3.8) is 0 Å². The minimum atomic E-state index is -0.565. The number of rotatable bonds is 6. The smallest absolute Gasteiger partial charge is 0.328 e. The van der Waals surface area contributed by atoms with Gasteiger partial charge in [0.15, 0.2) is 0 Å². The van der Waals surface area contributed by atoms with Crippen molar-refractivity contribution in [1.82, 2.24) is 4.98 Å². The van der Waals surface area contributed by atoms with Gasteiger partial charge in [-0.1, -0.05) is 24.6 Å². The number of benzene rings is 1. The molecule has 2 aromatic rings. The van der Waals surface area contributed by atoms with Crippen LogP contribution in [-0.2, 0) is 5.41 Å². The SMILES string of the molecule is COc1ccccc1C1(CNc2nccc(C#N)c2[N+](=O)[O-])CCC1. The monoisotopic (exact) mass is 338 g/mol. The summed E-state index contributed by atoms with van der Waals surface area (Å²) >= 11 is 0. The van der Waals surface area contributed by atoms with Gasteiger partial charge in [-0.2, -0.15) is 5.26 Å². The Morgan fingerprint density at radius 3 is 2.76 bits per heavy atom. The number of nitrogens with zero attached hydrogens (tertiary/aromatic N) is 3. The molecule has 0 spiro atoms. The van der Waals surface area contributed by atoms with E-state index in [2.05, 4.69) is 10.3 Å².